The molecule has 3 unspecified atom stereocenters. The first-order valence-electron chi connectivity index (χ1n) is 11.5. The van der Waals surface area contributed by atoms with Crippen LogP contribution in [0.3, 0.4) is 0 Å². The molecule has 0 aliphatic carbocycles. The summed E-state index contributed by atoms with van der Waals surface area (Å²) in [5.74, 6) is -4.19. The normalized spacial score (nSPS) is 13.0. The largest absolute Gasteiger partial charge is 0.508 e. The zero-order chi connectivity index (χ0) is 27.4. The van der Waals surface area contributed by atoms with Crippen LogP contribution in [0, 0.1) is 0 Å². The maximum absolute atomic E-state index is 13.1. The minimum atomic E-state index is -1.36. The molecule has 198 valence electrons. The second kappa shape index (κ2) is 14.2. The van der Waals surface area contributed by atoms with Gasteiger partial charge in [-0.05, 0) is 29.7 Å². The maximum atomic E-state index is 13.1. The van der Waals surface area contributed by atoms with Crippen LogP contribution >= 0.6 is 0 Å². The number of benzene rings is 2. The van der Waals surface area contributed by atoms with Crippen LogP contribution in [0.5, 0.6) is 5.75 Å². The molecule has 0 aromatic heterocycles. The SMILES string of the molecule is NCC(=O)NC(Cc1ccccc1)C(=O)NC(CCC(N)=O)C(=O)NC(Cc1ccc(O)cc1)C(=O)O. The number of amides is 4. The quantitative estimate of drug-likeness (QED) is 0.165. The Labute approximate surface area is 213 Å². The molecule has 3 atom stereocenters. The molecule has 12 heteroatoms. The molecule has 0 aliphatic heterocycles. The van der Waals surface area contributed by atoms with Crippen LogP contribution in [0.2, 0.25) is 0 Å². The van der Waals surface area contributed by atoms with Crippen molar-refractivity contribution in [2.45, 2.75) is 43.8 Å². The molecule has 9 N–H and O–H groups in total. The third-order valence-corrected chi connectivity index (χ3v) is 5.42. The number of aromatic hydroxyl groups is 1. The number of primary amides is 1. The van der Waals surface area contributed by atoms with Crippen molar-refractivity contribution in [1.29, 1.82) is 0 Å². The van der Waals surface area contributed by atoms with Gasteiger partial charge in [-0.2, -0.15) is 0 Å². The van der Waals surface area contributed by atoms with E-state index in [1.165, 1.54) is 24.3 Å². The van der Waals surface area contributed by atoms with Crippen molar-refractivity contribution in [1.82, 2.24) is 16.0 Å². The van der Waals surface area contributed by atoms with E-state index in [-0.39, 0.29) is 38.0 Å². The number of carbonyl (C=O) groups excluding carboxylic acids is 4. The molecular formula is C25H31N5O7. The topological polar surface area (TPSA) is 214 Å². The fourth-order valence-corrected chi connectivity index (χ4v) is 3.48. The molecule has 0 saturated heterocycles. The Balaban J connectivity index is 2.19. The average Bonchev–Trinajstić information content (AvgIpc) is 2.87. The fourth-order valence-electron chi connectivity index (χ4n) is 3.48. The lowest BCUT2D eigenvalue weighted by Gasteiger charge is -2.24. The molecule has 2 aromatic carbocycles. The number of rotatable bonds is 14. The molecule has 2 rings (SSSR count). The van der Waals surface area contributed by atoms with Crippen LogP contribution in [0.4, 0.5) is 0 Å². The third-order valence-electron chi connectivity index (χ3n) is 5.42. The number of nitrogens with two attached hydrogens (primary N) is 2. The van der Waals surface area contributed by atoms with Gasteiger partial charge in [-0.1, -0.05) is 42.5 Å². The van der Waals surface area contributed by atoms with E-state index in [0.29, 0.717) is 5.56 Å². The summed E-state index contributed by atoms with van der Waals surface area (Å²) in [5.41, 5.74) is 11.9. The van der Waals surface area contributed by atoms with Gasteiger partial charge in [0.05, 0.1) is 6.54 Å². The molecule has 2 aromatic rings. The van der Waals surface area contributed by atoms with Crippen molar-refractivity contribution in [2.24, 2.45) is 11.5 Å². The van der Waals surface area contributed by atoms with Gasteiger partial charge in [0.1, 0.15) is 23.9 Å². The number of carboxylic acids is 1. The van der Waals surface area contributed by atoms with Gasteiger partial charge in [-0.3, -0.25) is 19.2 Å². The van der Waals surface area contributed by atoms with Gasteiger partial charge in [-0.25, -0.2) is 4.79 Å². The summed E-state index contributed by atoms with van der Waals surface area (Å²) in [6, 6.07) is 10.9. The Bertz CT molecular complexity index is 1090. The molecule has 0 aliphatic rings. The molecule has 37 heavy (non-hydrogen) atoms. The summed E-state index contributed by atoms with van der Waals surface area (Å²) < 4.78 is 0. The summed E-state index contributed by atoms with van der Waals surface area (Å²) >= 11 is 0. The number of aliphatic carboxylic acids is 1. The van der Waals surface area contributed by atoms with Gasteiger partial charge >= 0.3 is 5.97 Å². The van der Waals surface area contributed by atoms with Crippen LogP contribution in [0.25, 0.3) is 0 Å². The number of carbonyl (C=O) groups is 5. The molecule has 0 spiro atoms. The lowest BCUT2D eigenvalue weighted by Crippen LogP contribution is -2.57. The van der Waals surface area contributed by atoms with E-state index in [9.17, 15) is 34.2 Å². The molecule has 0 heterocycles. The van der Waals surface area contributed by atoms with Crippen molar-refractivity contribution >= 4 is 29.6 Å². The van der Waals surface area contributed by atoms with E-state index in [0.717, 1.165) is 5.56 Å². The van der Waals surface area contributed by atoms with Crippen LogP contribution in [0.15, 0.2) is 54.6 Å². The number of carboxylic acid groups (broad SMARTS) is 1. The Kier molecular flexibility index (Phi) is 11.0. The first-order chi connectivity index (χ1) is 17.6. The Morgan fingerprint density at radius 2 is 1.30 bits per heavy atom. The minimum absolute atomic E-state index is 0.000622. The zero-order valence-corrected chi connectivity index (χ0v) is 20.1. The fraction of sp³-hybridized carbons (Fsp3) is 0.320. The van der Waals surface area contributed by atoms with Crippen LogP contribution in [-0.4, -0.2) is 64.5 Å². The summed E-state index contributed by atoms with van der Waals surface area (Å²) in [6.45, 7) is -0.359. The average molecular weight is 514 g/mol. The lowest BCUT2D eigenvalue weighted by molar-refractivity contribution is -0.142. The highest BCUT2D eigenvalue weighted by Gasteiger charge is 2.30. The first-order valence-corrected chi connectivity index (χ1v) is 11.5. The highest BCUT2D eigenvalue weighted by molar-refractivity contribution is 5.94. The molecular weight excluding hydrogens is 482 g/mol. The number of hydrogen-bond donors (Lipinski definition) is 7. The lowest BCUT2D eigenvalue weighted by atomic mass is 10.0. The van der Waals surface area contributed by atoms with Crippen molar-refractivity contribution in [3.05, 3.63) is 65.7 Å². The van der Waals surface area contributed by atoms with Crippen LogP contribution in [0.1, 0.15) is 24.0 Å². The van der Waals surface area contributed by atoms with E-state index in [1.54, 1.807) is 30.3 Å². The van der Waals surface area contributed by atoms with Crippen molar-refractivity contribution in [3.63, 3.8) is 0 Å². The molecule has 0 fully saturated rings. The van der Waals surface area contributed by atoms with Crippen LogP contribution in [-0.2, 0) is 36.8 Å². The van der Waals surface area contributed by atoms with Gasteiger partial charge < -0.3 is 37.6 Å². The van der Waals surface area contributed by atoms with Gasteiger partial charge in [0.25, 0.3) is 0 Å². The molecule has 0 saturated carbocycles. The van der Waals surface area contributed by atoms with E-state index < -0.39 is 47.7 Å². The summed E-state index contributed by atoms with van der Waals surface area (Å²) in [6.07, 6.45) is -0.448. The number of nitrogens with one attached hydrogen (secondary N) is 3. The molecule has 0 radical (unpaired) electrons. The Hall–Kier alpha value is -4.45. The smallest absolute Gasteiger partial charge is 0.326 e. The van der Waals surface area contributed by atoms with E-state index in [4.69, 9.17) is 11.5 Å². The van der Waals surface area contributed by atoms with Crippen molar-refractivity contribution < 1.29 is 34.2 Å². The minimum Gasteiger partial charge on any atom is -0.508 e. The van der Waals surface area contributed by atoms with Crippen molar-refractivity contribution in [3.8, 4) is 5.75 Å². The molecule has 0 bridgehead atoms. The number of phenols is 1. The van der Waals surface area contributed by atoms with Gasteiger partial charge in [0, 0.05) is 19.3 Å². The van der Waals surface area contributed by atoms with Gasteiger partial charge in [0.15, 0.2) is 0 Å². The molecule has 4 amide bonds. The Morgan fingerprint density at radius 1 is 0.757 bits per heavy atom. The first kappa shape index (κ1) is 28.8. The van der Waals surface area contributed by atoms with Crippen molar-refractivity contribution in [2.75, 3.05) is 6.54 Å². The summed E-state index contributed by atoms with van der Waals surface area (Å²) in [5, 5.41) is 26.4. The standard InChI is InChI=1S/C25H31N5O7/c26-14-22(33)28-19(12-15-4-2-1-3-5-15)24(35)29-18(10-11-21(27)32)23(34)30-20(25(36)37)13-16-6-8-17(31)9-7-16/h1-9,18-20,31H,10-14,26H2,(H2,27,32)(H,28,33)(H,29,35)(H,30,34)(H,36,37). The second-order valence-electron chi connectivity index (χ2n) is 8.35. The van der Waals surface area contributed by atoms with Crippen LogP contribution < -0.4 is 27.4 Å². The highest BCUT2D eigenvalue weighted by Crippen LogP contribution is 2.12. The van der Waals surface area contributed by atoms with Gasteiger partial charge in [-0.15, -0.1) is 0 Å². The predicted molar refractivity (Wildman–Crippen MR) is 133 cm³/mol. The Morgan fingerprint density at radius 3 is 1.86 bits per heavy atom. The number of phenolic OH excluding ortho intramolecular Hbond substituents is 1. The highest BCUT2D eigenvalue weighted by atomic mass is 16.4. The van der Waals surface area contributed by atoms with Gasteiger partial charge in [0.2, 0.25) is 23.6 Å². The maximum Gasteiger partial charge on any atom is 0.326 e. The van der Waals surface area contributed by atoms with E-state index in [2.05, 4.69) is 16.0 Å². The number of hydrogen-bond acceptors (Lipinski definition) is 7. The van der Waals surface area contributed by atoms with E-state index in [1.807, 2.05) is 0 Å². The predicted octanol–water partition coefficient (Wildman–Crippen LogP) is -1.06. The monoisotopic (exact) mass is 513 g/mol. The summed E-state index contributed by atoms with van der Waals surface area (Å²) in [7, 11) is 0. The summed E-state index contributed by atoms with van der Waals surface area (Å²) in [4.78, 5) is 61.2. The van der Waals surface area contributed by atoms with E-state index >= 15 is 0 Å². The second-order valence-corrected chi connectivity index (χ2v) is 8.35. The third kappa shape index (κ3) is 9.98. The molecule has 12 nitrogen and oxygen atoms in total. The zero-order valence-electron chi connectivity index (χ0n) is 20.1.